The van der Waals surface area contributed by atoms with Crippen LogP contribution < -0.4 is 5.32 Å². The highest BCUT2D eigenvalue weighted by molar-refractivity contribution is 9.08. The molecule has 0 aliphatic heterocycles. The molecule has 1 N–H and O–H groups in total. The van der Waals surface area contributed by atoms with Gasteiger partial charge < -0.3 is 5.32 Å². The van der Waals surface area contributed by atoms with E-state index in [0.29, 0.717) is 6.04 Å². The van der Waals surface area contributed by atoms with Gasteiger partial charge in [-0.25, -0.2) is 0 Å². The average Bonchev–Trinajstić information content (AvgIpc) is 2.41. The van der Waals surface area contributed by atoms with Crippen molar-refractivity contribution in [2.75, 3.05) is 0 Å². The van der Waals surface area contributed by atoms with E-state index in [-0.39, 0.29) is 11.3 Å². The van der Waals surface area contributed by atoms with Crippen molar-refractivity contribution < 1.29 is 4.79 Å². The average molecular weight is 324 g/mol. The Morgan fingerprint density at radius 2 is 2.00 bits per heavy atom. The number of halogens is 1. The summed E-state index contributed by atoms with van der Waals surface area (Å²) in [5.41, 5.74) is 2.16. The van der Waals surface area contributed by atoms with E-state index < -0.39 is 0 Å². The topological polar surface area (TPSA) is 29.1 Å². The van der Waals surface area contributed by atoms with E-state index in [9.17, 15) is 4.79 Å². The molecule has 1 atom stereocenters. The second-order valence-electron chi connectivity index (χ2n) is 6.09. The quantitative estimate of drug-likeness (QED) is 0.826. The predicted molar refractivity (Wildman–Crippen MR) is 82.6 cm³/mol. The number of benzene rings is 1. The molecule has 104 valence electrons. The zero-order chi connectivity index (χ0) is 13.9. The van der Waals surface area contributed by atoms with Gasteiger partial charge in [0.05, 0.1) is 0 Å². The summed E-state index contributed by atoms with van der Waals surface area (Å²) in [6.45, 7) is 4.51. The molecule has 1 fully saturated rings. The zero-order valence-corrected chi connectivity index (χ0v) is 13.3. The zero-order valence-electron chi connectivity index (χ0n) is 11.7. The van der Waals surface area contributed by atoms with Gasteiger partial charge in [0.2, 0.25) is 0 Å². The maximum Gasteiger partial charge on any atom is 0.251 e. The molecule has 0 heterocycles. The Labute approximate surface area is 124 Å². The van der Waals surface area contributed by atoms with Crippen molar-refractivity contribution in [3.05, 3.63) is 35.4 Å². The summed E-state index contributed by atoms with van der Waals surface area (Å²) < 4.78 is 0. The van der Waals surface area contributed by atoms with Crippen LogP contribution in [0.1, 0.15) is 55.5 Å². The molecule has 3 heteroatoms. The molecular formula is C16H22BrNO. The molecule has 0 radical (unpaired) electrons. The van der Waals surface area contributed by atoms with Crippen LogP contribution in [-0.2, 0) is 5.33 Å². The third-order valence-electron chi connectivity index (χ3n) is 4.18. The van der Waals surface area contributed by atoms with Crippen molar-refractivity contribution in [3.8, 4) is 0 Å². The summed E-state index contributed by atoms with van der Waals surface area (Å²) in [4.78, 5) is 12.3. The molecule has 2 nitrogen and oxygen atoms in total. The molecule has 0 spiro atoms. The van der Waals surface area contributed by atoms with Crippen molar-refractivity contribution in [1.29, 1.82) is 0 Å². The Morgan fingerprint density at radius 3 is 2.58 bits per heavy atom. The number of hydrogen-bond acceptors (Lipinski definition) is 1. The lowest BCUT2D eigenvalue weighted by molar-refractivity contribution is 0.0853. The van der Waals surface area contributed by atoms with Gasteiger partial charge in [0.25, 0.3) is 5.91 Å². The summed E-state index contributed by atoms with van der Waals surface area (Å²) in [6, 6.07) is 8.10. The monoisotopic (exact) mass is 323 g/mol. The normalized spacial score (nSPS) is 21.9. The van der Waals surface area contributed by atoms with Crippen LogP contribution in [0.2, 0.25) is 0 Å². The Morgan fingerprint density at radius 1 is 1.32 bits per heavy atom. The number of alkyl halides is 1. The van der Waals surface area contributed by atoms with E-state index in [2.05, 4.69) is 35.1 Å². The fraction of sp³-hybridized carbons (Fsp3) is 0.562. The van der Waals surface area contributed by atoms with Gasteiger partial charge in [0.15, 0.2) is 0 Å². The molecule has 0 aromatic heterocycles. The lowest BCUT2D eigenvalue weighted by atomic mass is 9.73. The first-order valence-corrected chi connectivity index (χ1v) is 8.11. The van der Waals surface area contributed by atoms with E-state index in [1.165, 1.54) is 24.8 Å². The summed E-state index contributed by atoms with van der Waals surface area (Å²) in [6.07, 6.45) is 4.79. The molecule has 1 aromatic rings. The Kier molecular flexibility index (Phi) is 4.67. The third kappa shape index (κ3) is 3.59. The standard InChI is InChI=1S/C16H22BrNO/c1-16(2)10-4-3-5-14(16)18-15(19)13-8-6-12(11-17)7-9-13/h6-9,14H,3-5,10-11H2,1-2H3,(H,18,19). The van der Waals surface area contributed by atoms with E-state index >= 15 is 0 Å². The number of rotatable bonds is 3. The van der Waals surface area contributed by atoms with E-state index in [0.717, 1.165) is 17.3 Å². The highest BCUT2D eigenvalue weighted by atomic mass is 79.9. The molecule has 1 unspecified atom stereocenters. The molecule has 19 heavy (non-hydrogen) atoms. The van der Waals surface area contributed by atoms with Gasteiger partial charge in [-0.3, -0.25) is 4.79 Å². The molecule has 0 bridgehead atoms. The molecule has 2 rings (SSSR count). The van der Waals surface area contributed by atoms with E-state index in [4.69, 9.17) is 0 Å². The smallest absolute Gasteiger partial charge is 0.251 e. The van der Waals surface area contributed by atoms with Crippen molar-refractivity contribution in [3.63, 3.8) is 0 Å². The Balaban J connectivity index is 2.03. The van der Waals surface area contributed by atoms with Gasteiger partial charge in [0, 0.05) is 16.9 Å². The van der Waals surface area contributed by atoms with Crippen LogP contribution in [-0.4, -0.2) is 11.9 Å². The van der Waals surface area contributed by atoms with Crippen LogP contribution in [0.15, 0.2) is 24.3 Å². The van der Waals surface area contributed by atoms with E-state index in [1.807, 2.05) is 24.3 Å². The van der Waals surface area contributed by atoms with Gasteiger partial charge in [-0.05, 0) is 36.0 Å². The van der Waals surface area contributed by atoms with Gasteiger partial charge in [0.1, 0.15) is 0 Å². The first-order valence-electron chi connectivity index (χ1n) is 6.99. The summed E-state index contributed by atoms with van der Waals surface area (Å²) in [7, 11) is 0. The van der Waals surface area contributed by atoms with Crippen molar-refractivity contribution in [1.82, 2.24) is 5.32 Å². The number of carbonyl (C=O) groups excluding carboxylic acids is 1. The SMILES string of the molecule is CC1(C)CCCCC1NC(=O)c1ccc(CBr)cc1. The minimum Gasteiger partial charge on any atom is -0.349 e. The number of carbonyl (C=O) groups is 1. The third-order valence-corrected chi connectivity index (χ3v) is 4.83. The van der Waals surface area contributed by atoms with Crippen LogP contribution in [0.3, 0.4) is 0 Å². The largest absolute Gasteiger partial charge is 0.349 e. The molecular weight excluding hydrogens is 302 g/mol. The second kappa shape index (κ2) is 6.08. The molecule has 1 saturated carbocycles. The number of amides is 1. The highest BCUT2D eigenvalue weighted by Crippen LogP contribution is 2.35. The van der Waals surface area contributed by atoms with Crippen LogP contribution in [0.4, 0.5) is 0 Å². The fourth-order valence-electron chi connectivity index (χ4n) is 2.75. The first kappa shape index (κ1) is 14.6. The number of hydrogen-bond donors (Lipinski definition) is 1. The lowest BCUT2D eigenvalue weighted by Gasteiger charge is -2.39. The van der Waals surface area contributed by atoms with Crippen molar-refractivity contribution in [2.24, 2.45) is 5.41 Å². The first-order chi connectivity index (χ1) is 9.03. The number of nitrogens with one attached hydrogen (secondary N) is 1. The summed E-state index contributed by atoms with van der Waals surface area (Å²) in [5, 5.41) is 4.04. The lowest BCUT2D eigenvalue weighted by Crippen LogP contribution is -2.46. The van der Waals surface area contributed by atoms with Crippen LogP contribution in [0.5, 0.6) is 0 Å². The highest BCUT2D eigenvalue weighted by Gasteiger charge is 2.33. The Bertz CT molecular complexity index is 439. The molecule has 1 aliphatic rings. The van der Waals surface area contributed by atoms with Crippen LogP contribution in [0, 0.1) is 5.41 Å². The molecule has 1 aromatic carbocycles. The van der Waals surface area contributed by atoms with Crippen molar-refractivity contribution in [2.45, 2.75) is 50.9 Å². The Hall–Kier alpha value is -0.830. The van der Waals surface area contributed by atoms with Gasteiger partial charge in [-0.1, -0.05) is 54.8 Å². The van der Waals surface area contributed by atoms with Crippen LogP contribution in [0.25, 0.3) is 0 Å². The van der Waals surface area contributed by atoms with Gasteiger partial charge >= 0.3 is 0 Å². The van der Waals surface area contributed by atoms with Crippen LogP contribution >= 0.6 is 15.9 Å². The maximum absolute atomic E-state index is 12.3. The molecule has 0 saturated heterocycles. The maximum atomic E-state index is 12.3. The summed E-state index contributed by atoms with van der Waals surface area (Å²) >= 11 is 3.41. The summed E-state index contributed by atoms with van der Waals surface area (Å²) in [5.74, 6) is 0.0566. The van der Waals surface area contributed by atoms with Gasteiger partial charge in [-0.15, -0.1) is 0 Å². The minimum atomic E-state index is 0.0566. The minimum absolute atomic E-state index is 0.0566. The van der Waals surface area contributed by atoms with Crippen molar-refractivity contribution >= 4 is 21.8 Å². The molecule has 1 amide bonds. The van der Waals surface area contributed by atoms with E-state index in [1.54, 1.807) is 0 Å². The molecule has 1 aliphatic carbocycles. The second-order valence-corrected chi connectivity index (χ2v) is 6.65. The predicted octanol–water partition coefficient (Wildman–Crippen LogP) is 4.28. The fourth-order valence-corrected chi connectivity index (χ4v) is 3.12. The van der Waals surface area contributed by atoms with Gasteiger partial charge in [-0.2, -0.15) is 0 Å².